The third-order valence-electron chi connectivity index (χ3n) is 1.77. The molecule has 1 rings (SSSR count). The summed E-state index contributed by atoms with van der Waals surface area (Å²) in [6.07, 6.45) is 0. The van der Waals surface area contributed by atoms with E-state index in [1.807, 2.05) is 0 Å². The van der Waals surface area contributed by atoms with Crippen molar-refractivity contribution in [2.24, 2.45) is 0 Å². The van der Waals surface area contributed by atoms with E-state index in [0.29, 0.717) is 10.8 Å². The molecular formula is C7H10N2O3S. The number of allylic oxidation sites excluding steroid dienone is 1. The number of carboxylic acid groups (broad SMARTS) is 1. The van der Waals surface area contributed by atoms with Crippen LogP contribution < -0.4 is 10.6 Å². The van der Waals surface area contributed by atoms with Crippen molar-refractivity contribution in [3.05, 3.63) is 11.3 Å². The Morgan fingerprint density at radius 1 is 1.69 bits per heavy atom. The number of thiocarbonyl (C=S) groups is 1. The molecule has 0 fully saturated rings. The summed E-state index contributed by atoms with van der Waals surface area (Å²) in [5, 5.41) is 23.4. The van der Waals surface area contributed by atoms with Gasteiger partial charge in [-0.25, -0.2) is 4.79 Å². The Morgan fingerprint density at radius 3 is 2.77 bits per heavy atom. The van der Waals surface area contributed by atoms with Crippen LogP contribution in [0.15, 0.2) is 11.3 Å². The van der Waals surface area contributed by atoms with Crippen LogP contribution in [0.4, 0.5) is 0 Å². The highest BCUT2D eigenvalue weighted by Crippen LogP contribution is 2.11. The highest BCUT2D eigenvalue weighted by Gasteiger charge is 2.27. The SMILES string of the molecule is CC1=C(C(=O)O)C(CO)NC(=S)N1. The molecule has 0 saturated carbocycles. The second-order valence-corrected chi connectivity index (χ2v) is 3.09. The van der Waals surface area contributed by atoms with Crippen LogP contribution in [-0.4, -0.2) is 33.9 Å². The molecule has 0 aromatic carbocycles. The van der Waals surface area contributed by atoms with Gasteiger partial charge in [0.1, 0.15) is 0 Å². The predicted molar refractivity (Wildman–Crippen MR) is 50.1 cm³/mol. The molecule has 5 nitrogen and oxygen atoms in total. The van der Waals surface area contributed by atoms with Gasteiger partial charge in [-0.1, -0.05) is 0 Å². The summed E-state index contributed by atoms with van der Waals surface area (Å²) >= 11 is 4.81. The zero-order valence-electron chi connectivity index (χ0n) is 7.00. The van der Waals surface area contributed by atoms with E-state index in [1.165, 1.54) is 0 Å². The van der Waals surface area contributed by atoms with Crippen LogP contribution in [0.5, 0.6) is 0 Å². The fraction of sp³-hybridized carbons (Fsp3) is 0.429. The van der Waals surface area contributed by atoms with E-state index in [2.05, 4.69) is 10.6 Å². The molecule has 0 radical (unpaired) electrons. The molecule has 4 N–H and O–H groups in total. The van der Waals surface area contributed by atoms with Gasteiger partial charge < -0.3 is 20.8 Å². The number of carbonyl (C=O) groups is 1. The van der Waals surface area contributed by atoms with Crippen molar-refractivity contribution < 1.29 is 15.0 Å². The van der Waals surface area contributed by atoms with Crippen molar-refractivity contribution in [1.29, 1.82) is 0 Å². The van der Waals surface area contributed by atoms with Crippen molar-refractivity contribution in [2.75, 3.05) is 6.61 Å². The van der Waals surface area contributed by atoms with E-state index in [4.69, 9.17) is 22.4 Å². The largest absolute Gasteiger partial charge is 0.478 e. The van der Waals surface area contributed by atoms with Crippen LogP contribution in [0.3, 0.4) is 0 Å². The van der Waals surface area contributed by atoms with Crippen molar-refractivity contribution in [1.82, 2.24) is 10.6 Å². The molecule has 1 unspecified atom stereocenters. The Labute approximate surface area is 80.4 Å². The number of carboxylic acids is 1. The van der Waals surface area contributed by atoms with E-state index in [9.17, 15) is 4.79 Å². The maximum atomic E-state index is 10.7. The van der Waals surface area contributed by atoms with Crippen molar-refractivity contribution in [2.45, 2.75) is 13.0 Å². The lowest BCUT2D eigenvalue weighted by Gasteiger charge is -2.26. The van der Waals surface area contributed by atoms with Crippen LogP contribution in [0.25, 0.3) is 0 Å². The lowest BCUT2D eigenvalue weighted by atomic mass is 10.0. The Kier molecular flexibility index (Phi) is 2.84. The lowest BCUT2D eigenvalue weighted by molar-refractivity contribution is -0.133. The van der Waals surface area contributed by atoms with Gasteiger partial charge in [0, 0.05) is 5.70 Å². The topological polar surface area (TPSA) is 81.6 Å². The number of aliphatic hydroxyl groups is 1. The molecule has 0 saturated heterocycles. The Balaban J connectivity index is 3.02. The minimum absolute atomic E-state index is 0.121. The van der Waals surface area contributed by atoms with Crippen LogP contribution >= 0.6 is 12.2 Å². The van der Waals surface area contributed by atoms with Crippen molar-refractivity contribution in [3.63, 3.8) is 0 Å². The summed E-state index contributed by atoms with van der Waals surface area (Å²) in [4.78, 5) is 10.7. The Bertz CT molecular complexity index is 287. The molecule has 0 aromatic rings. The quantitative estimate of drug-likeness (QED) is 0.438. The molecule has 0 bridgehead atoms. The zero-order valence-corrected chi connectivity index (χ0v) is 7.81. The van der Waals surface area contributed by atoms with E-state index < -0.39 is 12.0 Å². The first-order chi connectivity index (χ1) is 6.06. The van der Waals surface area contributed by atoms with Gasteiger partial charge in [0.2, 0.25) is 0 Å². The van der Waals surface area contributed by atoms with Gasteiger partial charge >= 0.3 is 5.97 Å². The number of aliphatic carboxylic acids is 1. The number of nitrogens with one attached hydrogen (secondary N) is 2. The fourth-order valence-corrected chi connectivity index (χ4v) is 1.51. The van der Waals surface area contributed by atoms with Crippen LogP contribution in [-0.2, 0) is 4.79 Å². The van der Waals surface area contributed by atoms with Gasteiger partial charge in [0.25, 0.3) is 0 Å². The summed E-state index contributed by atoms with van der Waals surface area (Å²) in [6.45, 7) is 1.32. The van der Waals surface area contributed by atoms with Crippen molar-refractivity contribution >= 4 is 23.3 Å². The second kappa shape index (κ2) is 3.71. The molecule has 1 atom stereocenters. The highest BCUT2D eigenvalue weighted by atomic mass is 32.1. The first-order valence-electron chi connectivity index (χ1n) is 3.68. The summed E-state index contributed by atoms with van der Waals surface area (Å²) in [7, 11) is 0. The molecular weight excluding hydrogens is 192 g/mol. The standard InChI is InChI=1S/C7H10N2O3S/c1-3-5(6(11)12)4(2-10)9-7(13)8-3/h4,10H,2H2,1H3,(H,11,12)(H2,8,9,13). The minimum atomic E-state index is -1.06. The molecule has 1 aliphatic heterocycles. The summed E-state index contributed by atoms with van der Waals surface area (Å²) in [5.74, 6) is -1.06. The normalized spacial score (nSPS) is 22.3. The van der Waals surface area contributed by atoms with Gasteiger partial charge in [0.05, 0.1) is 18.2 Å². The fourth-order valence-electron chi connectivity index (χ4n) is 1.21. The molecule has 1 aliphatic rings. The molecule has 0 aromatic heterocycles. The van der Waals surface area contributed by atoms with Gasteiger partial charge in [-0.05, 0) is 19.1 Å². The third kappa shape index (κ3) is 1.96. The monoisotopic (exact) mass is 202 g/mol. The molecule has 72 valence electrons. The van der Waals surface area contributed by atoms with Gasteiger partial charge in [-0.2, -0.15) is 0 Å². The van der Waals surface area contributed by atoms with Gasteiger partial charge in [0.15, 0.2) is 5.11 Å². The predicted octanol–water partition coefficient (Wildman–Crippen LogP) is -0.816. The molecule has 1 heterocycles. The highest BCUT2D eigenvalue weighted by molar-refractivity contribution is 7.80. The molecule has 6 heteroatoms. The first-order valence-corrected chi connectivity index (χ1v) is 4.09. The molecule has 0 amide bonds. The smallest absolute Gasteiger partial charge is 0.335 e. The van der Waals surface area contributed by atoms with Crippen LogP contribution in [0.1, 0.15) is 6.92 Å². The number of hydrogen-bond donors (Lipinski definition) is 4. The third-order valence-corrected chi connectivity index (χ3v) is 1.99. The first kappa shape index (κ1) is 9.94. The van der Waals surface area contributed by atoms with E-state index in [1.54, 1.807) is 6.92 Å². The van der Waals surface area contributed by atoms with Crippen LogP contribution in [0.2, 0.25) is 0 Å². The second-order valence-electron chi connectivity index (χ2n) is 2.68. The van der Waals surface area contributed by atoms with Gasteiger partial charge in [-0.3, -0.25) is 0 Å². The Hall–Kier alpha value is -1.14. The number of aliphatic hydroxyl groups excluding tert-OH is 1. The summed E-state index contributed by atoms with van der Waals surface area (Å²) in [5.41, 5.74) is 0.589. The number of rotatable bonds is 2. The zero-order chi connectivity index (χ0) is 10.0. The van der Waals surface area contributed by atoms with Crippen molar-refractivity contribution in [3.8, 4) is 0 Å². The molecule has 0 aliphatic carbocycles. The van der Waals surface area contributed by atoms with E-state index in [-0.39, 0.29) is 12.2 Å². The van der Waals surface area contributed by atoms with Crippen LogP contribution in [0, 0.1) is 0 Å². The average molecular weight is 202 g/mol. The minimum Gasteiger partial charge on any atom is -0.478 e. The summed E-state index contributed by atoms with van der Waals surface area (Å²) in [6, 6.07) is -0.619. The molecule has 0 spiro atoms. The maximum absolute atomic E-state index is 10.7. The van der Waals surface area contributed by atoms with E-state index >= 15 is 0 Å². The van der Waals surface area contributed by atoms with Gasteiger partial charge in [-0.15, -0.1) is 0 Å². The maximum Gasteiger partial charge on any atom is 0.335 e. The van der Waals surface area contributed by atoms with E-state index in [0.717, 1.165) is 0 Å². The number of hydrogen-bond acceptors (Lipinski definition) is 3. The average Bonchev–Trinajstić information content (AvgIpc) is 2.01. The molecule has 13 heavy (non-hydrogen) atoms. The Morgan fingerprint density at radius 2 is 2.31 bits per heavy atom. The summed E-state index contributed by atoms with van der Waals surface area (Å²) < 4.78 is 0. The lowest BCUT2D eigenvalue weighted by Crippen LogP contribution is -2.51.